The van der Waals surface area contributed by atoms with Gasteiger partial charge >= 0.3 is 0 Å². The molecule has 0 aromatic heterocycles. The van der Waals surface area contributed by atoms with E-state index in [0.29, 0.717) is 0 Å². The molecule has 0 N–H and O–H groups in total. The molecule has 0 saturated carbocycles. The maximum Gasteiger partial charge on any atom is 0.0956 e. The van der Waals surface area contributed by atoms with E-state index >= 15 is 0 Å². The second-order valence-corrected chi connectivity index (χ2v) is 17.0. The summed E-state index contributed by atoms with van der Waals surface area (Å²) in [6, 6.07) is 68.1. The molecule has 0 spiro atoms. The van der Waals surface area contributed by atoms with Crippen LogP contribution in [0, 0.1) is 0 Å². The van der Waals surface area contributed by atoms with Crippen molar-refractivity contribution in [3.05, 3.63) is 187 Å². The third-order valence-electron chi connectivity index (χ3n) is 10.5. The van der Waals surface area contributed by atoms with Crippen LogP contribution in [0.4, 0.5) is 0 Å². The Kier molecular flexibility index (Phi) is 7.18. The highest BCUT2D eigenvalue weighted by atomic mass is 32.2. The molecule has 0 aliphatic carbocycles. The molecule has 1 aliphatic heterocycles. The van der Waals surface area contributed by atoms with Crippen molar-refractivity contribution in [3.63, 3.8) is 0 Å². The molecule has 50 heavy (non-hydrogen) atoms. The lowest BCUT2D eigenvalue weighted by Crippen LogP contribution is -2.36. The average Bonchev–Trinajstić information content (AvgIpc) is 3.35. The van der Waals surface area contributed by atoms with Crippen molar-refractivity contribution in [3.8, 4) is 22.3 Å². The van der Waals surface area contributed by atoms with Gasteiger partial charge in [0.25, 0.3) is 0 Å². The highest BCUT2D eigenvalue weighted by Crippen LogP contribution is 2.45. The van der Waals surface area contributed by atoms with Gasteiger partial charge in [-0.05, 0) is 101 Å². The lowest BCUT2D eigenvalue weighted by atomic mass is 9.88. The minimum atomic E-state index is -1.15. The first kappa shape index (κ1) is 29.5. The number of hydrogen-bond acceptors (Lipinski definition) is 1. The van der Waals surface area contributed by atoms with Crippen molar-refractivity contribution in [2.24, 2.45) is 0 Å². The van der Waals surface area contributed by atoms with Gasteiger partial charge < -0.3 is 0 Å². The van der Waals surface area contributed by atoms with Gasteiger partial charge in [0, 0.05) is 15.4 Å². The fourth-order valence-electron chi connectivity index (χ4n) is 8.28. The molecule has 10 rings (SSSR count). The van der Waals surface area contributed by atoms with Crippen LogP contribution in [0.2, 0.25) is 0 Å². The molecule has 1 heterocycles. The number of rotatable bonds is 4. The Hall–Kier alpha value is -5.41. The normalized spacial score (nSPS) is 13.0. The summed E-state index contributed by atoms with van der Waals surface area (Å²) in [5, 5.41) is 12.1. The van der Waals surface area contributed by atoms with Crippen LogP contribution in [0.3, 0.4) is 0 Å². The van der Waals surface area contributed by atoms with Gasteiger partial charge in [-0.2, -0.15) is 0 Å². The minimum absolute atomic E-state index is 1.07. The van der Waals surface area contributed by atoms with Crippen LogP contribution < -0.4 is 5.19 Å². The zero-order valence-electron chi connectivity index (χ0n) is 27.6. The summed E-state index contributed by atoms with van der Waals surface area (Å²) >= 11 is 1.88. The van der Waals surface area contributed by atoms with E-state index < -0.39 is 8.80 Å². The number of benzene rings is 9. The standard InChI is InChI=1S/C48H33SSi/c1-2-16-38(17-3-1)49-43-28-26-34-14-6-10-20-41(34)47(43)48-42-21-11-7-15-35(42)27-29-44(48)50-30-36-24-22-32-12-4-8-18-39(32)45(36)46-37(31-50)25-23-33-13-5-9-19-40(33)46/h1-29H,30-31H2. The van der Waals surface area contributed by atoms with Crippen molar-refractivity contribution < 1.29 is 0 Å². The van der Waals surface area contributed by atoms with E-state index in [1.165, 1.54) is 91.4 Å². The third kappa shape index (κ3) is 4.90. The minimum Gasteiger partial charge on any atom is -0.0894 e. The van der Waals surface area contributed by atoms with Gasteiger partial charge in [0.1, 0.15) is 0 Å². The third-order valence-corrected chi connectivity index (χ3v) is 14.4. The fraction of sp³-hybridized carbons (Fsp3) is 0.0417. The lowest BCUT2D eigenvalue weighted by Gasteiger charge is -2.23. The first-order valence-corrected chi connectivity index (χ1v) is 20.2. The summed E-state index contributed by atoms with van der Waals surface area (Å²) in [5.74, 6) is 0. The van der Waals surface area contributed by atoms with E-state index in [9.17, 15) is 0 Å². The molecule has 0 bridgehead atoms. The van der Waals surface area contributed by atoms with Gasteiger partial charge in [-0.15, -0.1) is 0 Å². The molecule has 235 valence electrons. The Morgan fingerprint density at radius 3 is 1.30 bits per heavy atom. The van der Waals surface area contributed by atoms with Gasteiger partial charge in [-0.1, -0.05) is 175 Å². The van der Waals surface area contributed by atoms with Crippen LogP contribution >= 0.6 is 11.8 Å². The SMILES string of the molecule is c1ccc(Sc2ccc3ccccc3c2-c2c([Si]3Cc4ccc5ccccc5c4-c4c(ccc5ccccc45)C3)ccc3ccccc23)cc1. The summed E-state index contributed by atoms with van der Waals surface area (Å²) in [6.45, 7) is 0. The van der Waals surface area contributed by atoms with Gasteiger partial charge in [0.2, 0.25) is 0 Å². The molecule has 0 fully saturated rings. The van der Waals surface area contributed by atoms with E-state index in [0.717, 1.165) is 12.1 Å². The molecule has 0 atom stereocenters. The summed E-state index contributed by atoms with van der Waals surface area (Å²) in [4.78, 5) is 2.57. The summed E-state index contributed by atoms with van der Waals surface area (Å²) < 4.78 is 0. The maximum absolute atomic E-state index is 2.50. The summed E-state index contributed by atoms with van der Waals surface area (Å²) in [7, 11) is -1.15. The zero-order chi connectivity index (χ0) is 33.0. The first-order chi connectivity index (χ1) is 24.8. The Balaban J connectivity index is 1.27. The van der Waals surface area contributed by atoms with Crippen LogP contribution in [0.5, 0.6) is 0 Å². The Morgan fingerprint density at radius 1 is 0.340 bits per heavy atom. The fourth-order valence-corrected chi connectivity index (χ4v) is 12.2. The van der Waals surface area contributed by atoms with Crippen molar-refractivity contribution >= 4 is 68.8 Å². The first-order valence-electron chi connectivity index (χ1n) is 17.4. The highest BCUT2D eigenvalue weighted by molar-refractivity contribution is 7.99. The predicted molar refractivity (Wildman–Crippen MR) is 217 cm³/mol. The van der Waals surface area contributed by atoms with Gasteiger partial charge in [0.15, 0.2) is 0 Å². The van der Waals surface area contributed by atoms with Crippen LogP contribution in [-0.2, 0) is 12.1 Å². The molecule has 0 nitrogen and oxygen atoms in total. The predicted octanol–water partition coefficient (Wildman–Crippen LogP) is 12.4. The topological polar surface area (TPSA) is 0 Å². The molecule has 1 radical (unpaired) electrons. The van der Waals surface area contributed by atoms with Gasteiger partial charge in [-0.25, -0.2) is 0 Å². The van der Waals surface area contributed by atoms with Crippen LogP contribution in [0.1, 0.15) is 11.1 Å². The summed E-state index contributed by atoms with van der Waals surface area (Å²) in [6.07, 6.45) is 0. The lowest BCUT2D eigenvalue weighted by molar-refractivity contribution is 1.33. The van der Waals surface area contributed by atoms with Crippen LogP contribution in [-0.4, -0.2) is 8.80 Å². The van der Waals surface area contributed by atoms with Crippen molar-refractivity contribution in [1.82, 2.24) is 0 Å². The smallest absolute Gasteiger partial charge is 0.0894 e. The molecule has 9 aromatic rings. The van der Waals surface area contributed by atoms with E-state index in [-0.39, 0.29) is 0 Å². The van der Waals surface area contributed by atoms with E-state index in [1.54, 1.807) is 0 Å². The second-order valence-electron chi connectivity index (χ2n) is 13.4. The largest absolute Gasteiger partial charge is 0.0956 e. The second kappa shape index (κ2) is 12.2. The molecular weight excluding hydrogens is 637 g/mol. The van der Waals surface area contributed by atoms with Crippen molar-refractivity contribution in [2.75, 3.05) is 0 Å². The van der Waals surface area contributed by atoms with Crippen LogP contribution in [0.25, 0.3) is 65.3 Å². The Labute approximate surface area is 298 Å². The molecule has 0 unspecified atom stereocenters. The Morgan fingerprint density at radius 2 is 0.760 bits per heavy atom. The van der Waals surface area contributed by atoms with Crippen LogP contribution in [0.15, 0.2) is 186 Å². The average molecular weight is 670 g/mol. The maximum atomic E-state index is 2.50. The Bertz CT molecular complexity index is 2660. The molecule has 0 amide bonds. The summed E-state index contributed by atoms with van der Waals surface area (Å²) in [5.41, 5.74) is 8.60. The van der Waals surface area contributed by atoms with Gasteiger partial charge in [-0.3, -0.25) is 0 Å². The zero-order valence-corrected chi connectivity index (χ0v) is 29.4. The number of hydrogen-bond donors (Lipinski definition) is 0. The molecular formula is C48H33SSi. The van der Waals surface area contributed by atoms with Gasteiger partial charge in [0.05, 0.1) is 8.80 Å². The molecule has 1 aliphatic rings. The highest BCUT2D eigenvalue weighted by Gasteiger charge is 2.30. The quantitative estimate of drug-likeness (QED) is 0.168. The molecule has 0 saturated heterocycles. The monoisotopic (exact) mass is 669 g/mol. The van der Waals surface area contributed by atoms with E-state index in [1.807, 2.05) is 11.8 Å². The van der Waals surface area contributed by atoms with E-state index in [4.69, 9.17) is 0 Å². The van der Waals surface area contributed by atoms with Crippen molar-refractivity contribution in [2.45, 2.75) is 21.9 Å². The molecule has 9 aromatic carbocycles. The van der Waals surface area contributed by atoms with E-state index in [2.05, 4.69) is 176 Å². The van der Waals surface area contributed by atoms with Crippen molar-refractivity contribution in [1.29, 1.82) is 0 Å². The number of fused-ring (bicyclic) bond motifs is 9. The molecule has 2 heteroatoms.